The van der Waals surface area contributed by atoms with Crippen LogP contribution < -0.4 is 16.7 Å². The average molecular weight is 306 g/mol. The molecule has 0 atom stereocenters. The number of aromatic nitrogens is 2. The van der Waals surface area contributed by atoms with Crippen LogP contribution in [-0.4, -0.2) is 22.4 Å². The molecule has 112 valence electrons. The van der Waals surface area contributed by atoms with E-state index in [0.29, 0.717) is 11.9 Å². The van der Waals surface area contributed by atoms with Crippen molar-refractivity contribution in [2.24, 2.45) is 5.10 Å². The van der Waals surface area contributed by atoms with Crippen molar-refractivity contribution in [2.45, 2.75) is 39.3 Å². The molecule has 1 fully saturated rings. The van der Waals surface area contributed by atoms with E-state index in [1.54, 1.807) is 17.8 Å². The van der Waals surface area contributed by atoms with E-state index in [4.69, 9.17) is 0 Å². The topological polar surface area (TPSA) is 68.4 Å². The fourth-order valence-corrected chi connectivity index (χ4v) is 3.79. The highest BCUT2D eigenvalue weighted by Crippen LogP contribution is 2.33. The van der Waals surface area contributed by atoms with Gasteiger partial charge in [-0.2, -0.15) is 5.10 Å². The van der Waals surface area contributed by atoms with Crippen LogP contribution in [0.3, 0.4) is 0 Å². The lowest BCUT2D eigenvalue weighted by molar-refractivity contribution is 0.600. The fraction of sp³-hybridized carbons (Fsp3) is 0.500. The quantitative estimate of drug-likeness (QED) is 0.686. The fourth-order valence-electron chi connectivity index (χ4n) is 2.56. The first-order valence-corrected chi connectivity index (χ1v) is 7.90. The second-order valence-electron chi connectivity index (χ2n) is 5.19. The van der Waals surface area contributed by atoms with Gasteiger partial charge in [0.2, 0.25) is 0 Å². The van der Waals surface area contributed by atoms with E-state index >= 15 is 0 Å². The number of hydrazone groups is 1. The number of hydrogen-bond donors (Lipinski definition) is 1. The molecule has 0 unspecified atom stereocenters. The minimum absolute atomic E-state index is 0.0842. The third kappa shape index (κ3) is 2.12. The Morgan fingerprint density at radius 3 is 2.71 bits per heavy atom. The smallest absolute Gasteiger partial charge is 0.313 e. The van der Waals surface area contributed by atoms with Gasteiger partial charge in [0, 0.05) is 19.6 Å². The van der Waals surface area contributed by atoms with E-state index in [1.807, 2.05) is 13.8 Å². The average Bonchev–Trinajstić information content (AvgIpc) is 3.22. The highest BCUT2D eigenvalue weighted by Gasteiger charge is 2.29. The SMILES string of the molecule is CCn1c(=O)n(C2CC2)c(=O)c2c(C)c(/C=N/NC)sc21. The highest BCUT2D eigenvalue weighted by atomic mass is 32.1. The lowest BCUT2D eigenvalue weighted by Gasteiger charge is -2.09. The molecule has 0 aliphatic heterocycles. The second-order valence-corrected chi connectivity index (χ2v) is 6.22. The normalized spacial score (nSPS) is 15.2. The van der Waals surface area contributed by atoms with Gasteiger partial charge in [-0.05, 0) is 32.3 Å². The maximum Gasteiger partial charge on any atom is 0.332 e. The van der Waals surface area contributed by atoms with E-state index < -0.39 is 0 Å². The van der Waals surface area contributed by atoms with Crippen molar-refractivity contribution in [3.8, 4) is 0 Å². The Hall–Kier alpha value is -1.89. The van der Waals surface area contributed by atoms with E-state index in [1.165, 1.54) is 15.9 Å². The highest BCUT2D eigenvalue weighted by molar-refractivity contribution is 7.20. The summed E-state index contributed by atoms with van der Waals surface area (Å²) in [7, 11) is 1.72. The first-order valence-electron chi connectivity index (χ1n) is 7.08. The number of fused-ring (bicyclic) bond motifs is 1. The van der Waals surface area contributed by atoms with Crippen LogP contribution in [0, 0.1) is 6.92 Å². The van der Waals surface area contributed by atoms with Crippen molar-refractivity contribution >= 4 is 27.8 Å². The van der Waals surface area contributed by atoms with Gasteiger partial charge in [0.1, 0.15) is 4.83 Å². The molecule has 1 saturated carbocycles. The predicted molar refractivity (Wildman–Crippen MR) is 85.7 cm³/mol. The van der Waals surface area contributed by atoms with Gasteiger partial charge >= 0.3 is 5.69 Å². The Morgan fingerprint density at radius 1 is 1.43 bits per heavy atom. The van der Waals surface area contributed by atoms with Crippen LogP contribution in [0.5, 0.6) is 0 Å². The summed E-state index contributed by atoms with van der Waals surface area (Å²) in [5.74, 6) is 0. The van der Waals surface area contributed by atoms with E-state index in [-0.39, 0.29) is 17.3 Å². The molecule has 0 spiro atoms. The third-order valence-electron chi connectivity index (χ3n) is 3.82. The number of hydrogen-bond acceptors (Lipinski definition) is 5. The Bertz CT molecular complexity index is 839. The number of aryl methyl sites for hydroxylation is 2. The van der Waals surface area contributed by atoms with Gasteiger partial charge in [0.25, 0.3) is 5.56 Å². The van der Waals surface area contributed by atoms with Crippen LogP contribution in [0.25, 0.3) is 10.2 Å². The molecule has 21 heavy (non-hydrogen) atoms. The van der Waals surface area contributed by atoms with Crippen LogP contribution in [0.2, 0.25) is 0 Å². The van der Waals surface area contributed by atoms with Crippen LogP contribution in [0.1, 0.15) is 36.2 Å². The standard InChI is InChI=1S/C14H18N4O2S/c1-4-17-13-11(8(2)10(21-13)7-16-15-3)12(19)18(14(17)20)9-5-6-9/h7,9,15H,4-6H2,1-3H3/b16-7+. The number of rotatable bonds is 4. The van der Waals surface area contributed by atoms with Gasteiger partial charge in [0.05, 0.1) is 16.5 Å². The molecular weight excluding hydrogens is 288 g/mol. The molecule has 0 radical (unpaired) electrons. The zero-order chi connectivity index (χ0) is 15.1. The van der Waals surface area contributed by atoms with Crippen LogP contribution in [-0.2, 0) is 6.54 Å². The molecule has 1 aliphatic rings. The van der Waals surface area contributed by atoms with Crippen molar-refractivity contribution in [3.63, 3.8) is 0 Å². The molecule has 2 heterocycles. The third-order valence-corrected chi connectivity index (χ3v) is 5.07. The minimum atomic E-state index is -0.184. The van der Waals surface area contributed by atoms with Crippen molar-refractivity contribution in [1.82, 2.24) is 14.6 Å². The molecule has 2 aromatic rings. The van der Waals surface area contributed by atoms with Gasteiger partial charge < -0.3 is 5.43 Å². The van der Waals surface area contributed by atoms with E-state index in [0.717, 1.165) is 28.1 Å². The molecule has 1 N–H and O–H groups in total. The number of nitrogens with zero attached hydrogens (tertiary/aromatic N) is 3. The maximum atomic E-state index is 12.7. The minimum Gasteiger partial charge on any atom is -0.313 e. The molecule has 3 rings (SSSR count). The Kier molecular flexibility index (Phi) is 3.44. The molecule has 7 heteroatoms. The second kappa shape index (κ2) is 5.14. The van der Waals surface area contributed by atoms with Gasteiger partial charge in [-0.15, -0.1) is 11.3 Å². The van der Waals surface area contributed by atoms with Crippen LogP contribution in [0.15, 0.2) is 14.7 Å². The molecule has 6 nitrogen and oxygen atoms in total. The Morgan fingerprint density at radius 2 is 2.14 bits per heavy atom. The summed E-state index contributed by atoms with van der Waals surface area (Å²) in [4.78, 5) is 26.9. The predicted octanol–water partition coefficient (Wildman–Crippen LogP) is 1.44. The summed E-state index contributed by atoms with van der Waals surface area (Å²) in [5, 5.41) is 4.67. The Balaban J connectivity index is 2.40. The number of thiophene rings is 1. The first-order chi connectivity index (χ1) is 10.1. The molecular formula is C14H18N4O2S. The van der Waals surface area contributed by atoms with Crippen molar-refractivity contribution in [2.75, 3.05) is 7.05 Å². The van der Waals surface area contributed by atoms with Gasteiger partial charge in [-0.1, -0.05) is 0 Å². The molecule has 0 aromatic carbocycles. The summed E-state index contributed by atoms with van der Waals surface area (Å²) in [5.41, 5.74) is 3.27. The molecule has 1 aliphatic carbocycles. The van der Waals surface area contributed by atoms with Crippen molar-refractivity contribution in [1.29, 1.82) is 0 Å². The zero-order valence-electron chi connectivity index (χ0n) is 12.3. The van der Waals surface area contributed by atoms with Gasteiger partial charge in [0.15, 0.2) is 0 Å². The lowest BCUT2D eigenvalue weighted by atomic mass is 10.2. The van der Waals surface area contributed by atoms with Gasteiger partial charge in [-0.25, -0.2) is 4.79 Å². The molecule has 2 aromatic heterocycles. The first kappa shape index (κ1) is 14.1. The maximum absolute atomic E-state index is 12.7. The largest absolute Gasteiger partial charge is 0.332 e. The lowest BCUT2D eigenvalue weighted by Crippen LogP contribution is -2.39. The monoisotopic (exact) mass is 306 g/mol. The molecule has 0 amide bonds. The summed E-state index contributed by atoms with van der Waals surface area (Å²) >= 11 is 1.44. The zero-order valence-corrected chi connectivity index (χ0v) is 13.2. The molecule has 0 saturated heterocycles. The van der Waals surface area contributed by atoms with Crippen LogP contribution >= 0.6 is 11.3 Å². The summed E-state index contributed by atoms with van der Waals surface area (Å²) in [6, 6.07) is 0.0842. The van der Waals surface area contributed by atoms with E-state index in [2.05, 4.69) is 10.5 Å². The summed E-state index contributed by atoms with van der Waals surface area (Å²) < 4.78 is 3.13. The van der Waals surface area contributed by atoms with Gasteiger partial charge in [-0.3, -0.25) is 13.9 Å². The van der Waals surface area contributed by atoms with Crippen molar-refractivity contribution in [3.05, 3.63) is 31.3 Å². The Labute approximate surface area is 125 Å². The van der Waals surface area contributed by atoms with E-state index in [9.17, 15) is 9.59 Å². The van der Waals surface area contributed by atoms with Crippen molar-refractivity contribution < 1.29 is 0 Å². The summed E-state index contributed by atoms with van der Waals surface area (Å²) in [6.45, 7) is 4.41. The van der Waals surface area contributed by atoms with Crippen LogP contribution in [0.4, 0.5) is 0 Å². The summed E-state index contributed by atoms with van der Waals surface area (Å²) in [6.07, 6.45) is 3.54. The number of nitrogens with one attached hydrogen (secondary N) is 1. The molecule has 0 bridgehead atoms.